The summed E-state index contributed by atoms with van der Waals surface area (Å²) >= 11 is 0. The van der Waals surface area contributed by atoms with Crippen molar-refractivity contribution in [2.75, 3.05) is 0 Å². The van der Waals surface area contributed by atoms with Gasteiger partial charge in [-0.1, -0.05) is 23.4 Å². The van der Waals surface area contributed by atoms with E-state index in [0.717, 1.165) is 0 Å². The zero-order valence-corrected chi connectivity index (χ0v) is 10.8. The average molecular weight is 234 g/mol. The Balaban J connectivity index is 0. The van der Waals surface area contributed by atoms with Crippen LogP contribution < -0.4 is 29.6 Å². The van der Waals surface area contributed by atoms with E-state index in [9.17, 15) is 8.42 Å². The first-order chi connectivity index (χ1) is 6.62. The van der Waals surface area contributed by atoms with Crippen molar-refractivity contribution in [3.63, 3.8) is 0 Å². The Kier molecular flexibility index (Phi) is 5.54. The summed E-state index contributed by atoms with van der Waals surface area (Å²) < 4.78 is 23.0. The molecule has 1 aromatic rings. The second kappa shape index (κ2) is 5.88. The maximum atomic E-state index is 11.5. The fraction of sp³-hybridized carbons (Fsp3) is 0. The fourth-order valence-electron chi connectivity index (χ4n) is 0.847. The molecule has 0 radical (unpaired) electrons. The minimum Gasteiger partial charge on any atom is -1.00 e. The minimum absolute atomic E-state index is 0. The van der Waals surface area contributed by atoms with Gasteiger partial charge in [0.2, 0.25) is 9.84 Å². The summed E-state index contributed by atoms with van der Waals surface area (Å²) in [6, 6.07) is 8.60. The molecule has 5 nitrogen and oxygen atoms in total. The second-order valence-corrected chi connectivity index (χ2v) is 4.20. The number of nitrogens with zero attached hydrogens (tertiary/aromatic N) is 2. The summed E-state index contributed by atoms with van der Waals surface area (Å²) in [5.41, 5.74) is 0. The monoisotopic (exact) mass is 234 g/mol. The maximum absolute atomic E-state index is 11.5. The molecule has 0 aliphatic carbocycles. The first-order valence-corrected chi connectivity index (χ1v) is 5.03. The van der Waals surface area contributed by atoms with Crippen molar-refractivity contribution >= 4 is 14.9 Å². The van der Waals surface area contributed by atoms with E-state index in [1.807, 2.05) is 0 Å². The number of oxime groups is 1. The molecular formula is C8H7N2NaO3S. The van der Waals surface area contributed by atoms with Crippen LogP contribution in [0.25, 0.3) is 0 Å². The number of benzene rings is 1. The van der Waals surface area contributed by atoms with Crippen LogP contribution in [0.2, 0.25) is 0 Å². The van der Waals surface area contributed by atoms with E-state index in [2.05, 4.69) is 5.16 Å². The zero-order chi connectivity index (χ0) is 10.6. The van der Waals surface area contributed by atoms with Gasteiger partial charge in [-0.2, -0.15) is 5.26 Å². The van der Waals surface area contributed by atoms with Crippen LogP contribution in [-0.4, -0.2) is 18.7 Å². The summed E-state index contributed by atoms with van der Waals surface area (Å²) in [6.07, 6.45) is 0. The third-order valence-corrected chi connectivity index (χ3v) is 3.07. The van der Waals surface area contributed by atoms with Crippen molar-refractivity contribution in [3.8, 4) is 6.07 Å². The van der Waals surface area contributed by atoms with Gasteiger partial charge in [-0.3, -0.25) is 0 Å². The number of nitriles is 1. The summed E-state index contributed by atoms with van der Waals surface area (Å²) in [5, 5.41) is 18.2. The molecule has 0 fully saturated rings. The van der Waals surface area contributed by atoms with Crippen molar-refractivity contribution in [1.82, 2.24) is 0 Å². The summed E-state index contributed by atoms with van der Waals surface area (Å²) in [7, 11) is -3.96. The van der Waals surface area contributed by atoms with E-state index >= 15 is 0 Å². The van der Waals surface area contributed by atoms with Gasteiger partial charge < -0.3 is 6.63 Å². The van der Waals surface area contributed by atoms with E-state index in [0.29, 0.717) is 0 Å². The number of hydrogen-bond donors (Lipinski definition) is 1. The molecule has 0 saturated carbocycles. The molecular weight excluding hydrogens is 227 g/mol. The van der Waals surface area contributed by atoms with Gasteiger partial charge in [-0.25, -0.2) is 8.42 Å². The largest absolute Gasteiger partial charge is 1.00 e. The van der Waals surface area contributed by atoms with Crippen LogP contribution in [-0.2, 0) is 9.84 Å². The number of rotatable bonds is 1. The van der Waals surface area contributed by atoms with Gasteiger partial charge in [-0.15, -0.1) is 0 Å². The third-order valence-electron chi connectivity index (χ3n) is 1.49. The summed E-state index contributed by atoms with van der Waals surface area (Å²) in [6.45, 7) is 0. The van der Waals surface area contributed by atoms with Gasteiger partial charge >= 0.3 is 29.6 Å². The van der Waals surface area contributed by atoms with Crippen molar-refractivity contribution in [3.05, 3.63) is 30.3 Å². The van der Waals surface area contributed by atoms with Crippen LogP contribution in [0, 0.1) is 11.3 Å². The molecule has 0 aliphatic rings. The molecule has 1 N–H and O–H groups in total. The Hall–Kier alpha value is -0.870. The molecule has 0 spiro atoms. The zero-order valence-electron chi connectivity index (χ0n) is 8.95. The topological polar surface area (TPSA) is 90.5 Å². The first-order valence-electron chi connectivity index (χ1n) is 3.55. The molecule has 0 unspecified atom stereocenters. The molecule has 0 amide bonds. The Morgan fingerprint density at radius 2 is 1.93 bits per heavy atom. The van der Waals surface area contributed by atoms with Crippen molar-refractivity contribution in [2.24, 2.45) is 5.16 Å². The molecule has 0 heterocycles. The van der Waals surface area contributed by atoms with Gasteiger partial charge in [0, 0.05) is 0 Å². The van der Waals surface area contributed by atoms with E-state index in [1.54, 1.807) is 6.07 Å². The van der Waals surface area contributed by atoms with E-state index in [4.69, 9.17) is 10.5 Å². The van der Waals surface area contributed by atoms with Crippen molar-refractivity contribution in [2.45, 2.75) is 4.90 Å². The summed E-state index contributed by atoms with van der Waals surface area (Å²) in [4.78, 5) is -0.0747. The standard InChI is InChI=1S/C8H6N2O3S.Na.H/c9-6-8(10-11)14(12,13)7-4-2-1-3-5-7;;/h1-5,11H;;/q;+1;-1. The van der Waals surface area contributed by atoms with Gasteiger partial charge in [0.15, 0.2) is 0 Å². The van der Waals surface area contributed by atoms with Crippen LogP contribution in [0.4, 0.5) is 0 Å². The number of sulfone groups is 1. The van der Waals surface area contributed by atoms with E-state index < -0.39 is 14.9 Å². The Labute approximate surface area is 111 Å². The molecule has 0 saturated heterocycles. The second-order valence-electron chi connectivity index (χ2n) is 2.33. The quantitative estimate of drug-likeness (QED) is 0.198. The van der Waals surface area contributed by atoms with Crippen molar-refractivity contribution < 1.29 is 44.6 Å². The molecule has 0 aromatic heterocycles. The van der Waals surface area contributed by atoms with Crippen molar-refractivity contribution in [1.29, 1.82) is 5.26 Å². The minimum atomic E-state index is -3.96. The van der Waals surface area contributed by atoms with Crippen LogP contribution in [0.15, 0.2) is 40.4 Å². The third kappa shape index (κ3) is 3.04. The van der Waals surface area contributed by atoms with Gasteiger partial charge in [0.05, 0.1) is 4.90 Å². The smallest absolute Gasteiger partial charge is 1.00 e. The molecule has 0 atom stereocenters. The Morgan fingerprint density at radius 1 is 1.40 bits per heavy atom. The normalized spacial score (nSPS) is 11.3. The molecule has 1 aromatic carbocycles. The maximum Gasteiger partial charge on any atom is 1.00 e. The molecule has 15 heavy (non-hydrogen) atoms. The molecule has 7 heteroatoms. The predicted octanol–water partition coefficient (Wildman–Crippen LogP) is -2.11. The SMILES string of the molecule is N#CC(=NO)S(=O)(=O)c1ccccc1.[H-].[Na+]. The summed E-state index contributed by atoms with van der Waals surface area (Å²) in [5.74, 6) is 0. The van der Waals surface area contributed by atoms with Crippen LogP contribution in [0.5, 0.6) is 0 Å². The van der Waals surface area contributed by atoms with Crippen LogP contribution in [0.1, 0.15) is 1.43 Å². The van der Waals surface area contributed by atoms with E-state index in [-0.39, 0.29) is 35.9 Å². The molecule has 74 valence electrons. The first kappa shape index (κ1) is 14.1. The van der Waals surface area contributed by atoms with Crippen LogP contribution in [0.3, 0.4) is 0 Å². The predicted molar refractivity (Wildman–Crippen MR) is 49.6 cm³/mol. The van der Waals surface area contributed by atoms with Gasteiger partial charge in [-0.05, 0) is 12.1 Å². The molecule has 1 rings (SSSR count). The van der Waals surface area contributed by atoms with E-state index in [1.165, 1.54) is 30.3 Å². The fourth-order valence-corrected chi connectivity index (χ4v) is 1.81. The molecule has 0 aliphatic heterocycles. The van der Waals surface area contributed by atoms with Gasteiger partial charge in [0.25, 0.3) is 5.04 Å². The average Bonchev–Trinajstić information content (AvgIpc) is 2.20. The van der Waals surface area contributed by atoms with Crippen LogP contribution >= 0.6 is 0 Å². The Morgan fingerprint density at radius 3 is 2.33 bits per heavy atom. The Bertz CT molecular complexity index is 496. The molecule has 0 bridgehead atoms. The van der Waals surface area contributed by atoms with Gasteiger partial charge in [0.1, 0.15) is 6.07 Å². The number of hydrogen-bond acceptors (Lipinski definition) is 5.